The first-order chi connectivity index (χ1) is 71.1. The highest BCUT2D eigenvalue weighted by molar-refractivity contribution is 7.26. The molecule has 0 amide bonds. The third-order valence-electron chi connectivity index (χ3n) is 30.6. The predicted molar refractivity (Wildman–Crippen MR) is 619 cm³/mol. The molecule has 690 valence electrons. The first kappa shape index (κ1) is 88.0. The lowest BCUT2D eigenvalue weighted by molar-refractivity contribution is 0.656. The van der Waals surface area contributed by atoms with E-state index in [1.165, 1.54) is 190 Å². The van der Waals surface area contributed by atoms with Crippen LogP contribution >= 0.6 is 22.7 Å². The molecule has 25 aromatic rings. The molecule has 4 nitrogen and oxygen atoms in total. The van der Waals surface area contributed by atoms with E-state index in [1.54, 1.807) is 0 Å². The Kier molecular flexibility index (Phi) is 21.7. The minimum Gasteiger partial charge on any atom is -0.456 e. The van der Waals surface area contributed by atoms with Crippen LogP contribution in [0.25, 0.3) is 173 Å². The third kappa shape index (κ3) is 15.4. The Hall–Kier alpha value is -17.3. The summed E-state index contributed by atoms with van der Waals surface area (Å²) in [5.41, 5.74) is 42.8. The summed E-state index contributed by atoms with van der Waals surface area (Å²) in [5, 5.41) is 10.3. The Morgan fingerprint density at radius 3 is 0.855 bits per heavy atom. The van der Waals surface area contributed by atoms with Crippen LogP contribution in [0.15, 0.2) is 508 Å². The molecular weight excluding hydrogens is 1790 g/mol. The van der Waals surface area contributed by atoms with Gasteiger partial charge in [0.2, 0.25) is 0 Å². The maximum atomic E-state index is 6.67. The van der Waals surface area contributed by atoms with Crippen molar-refractivity contribution in [1.82, 2.24) is 0 Å². The highest BCUT2D eigenvalue weighted by atomic mass is 32.1. The number of thiophene rings is 2. The zero-order valence-corrected chi connectivity index (χ0v) is 83.1. The van der Waals surface area contributed by atoms with Crippen molar-refractivity contribution >= 4 is 147 Å². The molecule has 0 saturated carbocycles. The topological polar surface area (TPSA) is 22.9 Å². The van der Waals surface area contributed by atoms with Gasteiger partial charge in [-0.1, -0.05) is 406 Å². The predicted octanol–water partition coefficient (Wildman–Crippen LogP) is 40.2. The van der Waals surface area contributed by atoms with Crippen LogP contribution < -0.4 is 14.7 Å². The number of rotatable bonds is 15. The molecule has 0 saturated heterocycles. The van der Waals surface area contributed by atoms with Crippen molar-refractivity contribution in [2.75, 3.05) is 14.7 Å². The number of furan rings is 1. The van der Waals surface area contributed by atoms with Gasteiger partial charge in [0.1, 0.15) is 11.2 Å². The quantitative estimate of drug-likeness (QED) is 0.102. The van der Waals surface area contributed by atoms with E-state index >= 15 is 0 Å². The lowest BCUT2D eigenvalue weighted by Gasteiger charge is -2.26. The Balaban J connectivity index is 0.000000111. The van der Waals surface area contributed by atoms with Crippen LogP contribution in [-0.2, 0) is 16.2 Å². The summed E-state index contributed by atoms with van der Waals surface area (Å²) in [4.78, 5) is 7.12. The Labute approximate surface area is 854 Å². The minimum atomic E-state index is -0.0594. The summed E-state index contributed by atoms with van der Waals surface area (Å²) in [6.07, 6.45) is 0. The minimum absolute atomic E-state index is 0.0131. The molecular formula is C139H101N3OS2. The lowest BCUT2D eigenvalue weighted by atomic mass is 9.82. The second kappa shape index (κ2) is 35.8. The second-order valence-corrected chi connectivity index (χ2v) is 42.3. The van der Waals surface area contributed by atoms with Crippen LogP contribution in [0.4, 0.5) is 51.2 Å². The molecule has 28 rings (SSSR count). The van der Waals surface area contributed by atoms with Crippen molar-refractivity contribution < 1.29 is 4.42 Å². The van der Waals surface area contributed by atoms with Gasteiger partial charge in [0.05, 0.1) is 0 Å². The molecule has 0 radical (unpaired) electrons. The third-order valence-corrected chi connectivity index (χ3v) is 32.8. The number of hydrogen-bond donors (Lipinski definition) is 0. The van der Waals surface area contributed by atoms with Gasteiger partial charge in [-0.2, -0.15) is 0 Å². The van der Waals surface area contributed by atoms with E-state index in [0.29, 0.717) is 0 Å². The fourth-order valence-electron chi connectivity index (χ4n) is 23.3. The zero-order valence-electron chi connectivity index (χ0n) is 81.5. The van der Waals surface area contributed by atoms with Gasteiger partial charge in [-0.25, -0.2) is 0 Å². The van der Waals surface area contributed by atoms with Crippen molar-refractivity contribution in [2.24, 2.45) is 0 Å². The van der Waals surface area contributed by atoms with Crippen molar-refractivity contribution in [3.05, 3.63) is 537 Å². The monoisotopic (exact) mass is 1890 g/mol. The molecule has 6 heteroatoms. The highest BCUT2D eigenvalue weighted by Crippen LogP contribution is 2.59. The number of hydrogen-bond acceptors (Lipinski definition) is 6. The summed E-state index contributed by atoms with van der Waals surface area (Å²) in [6, 6.07) is 183. The molecule has 0 aliphatic heterocycles. The van der Waals surface area contributed by atoms with Gasteiger partial charge in [-0.3, -0.25) is 0 Å². The molecule has 0 unspecified atom stereocenters. The van der Waals surface area contributed by atoms with Crippen LogP contribution in [0.2, 0.25) is 0 Å². The molecule has 0 bridgehead atoms. The highest BCUT2D eigenvalue weighted by Gasteiger charge is 2.41. The Bertz CT molecular complexity index is 8960. The number of nitrogens with zero attached hydrogens (tertiary/aromatic N) is 3. The SMILES string of the molecule is CC1(C)c2ccccc2-c2c1ccc1oc3cc(N(c4ccc(-c5ccccc5)cc4)c4cccc(-c5ccccc5)c4)ccc3c21.CC1(C)c2ccccc2-c2c1ccc1sc3cc(N(c4ccc(-c5ccccc5)cc4)c4ccc(-c5ccc6ccccc6c5)cc4)ccc3c21.CC1(C)c2ccccc2-c2c1ccc1sc3cc(N(c4ccc(-c5ccccc5)cc4)c4cccc(-c5ccccc5)c4)ccc3c21. The van der Waals surface area contributed by atoms with Gasteiger partial charge < -0.3 is 19.1 Å². The van der Waals surface area contributed by atoms with Crippen LogP contribution in [-0.4, -0.2) is 0 Å². The fourth-order valence-corrected chi connectivity index (χ4v) is 25.6. The molecule has 0 fully saturated rings. The molecule has 0 N–H and O–H groups in total. The van der Waals surface area contributed by atoms with Gasteiger partial charge in [-0.05, 0) is 278 Å². The van der Waals surface area contributed by atoms with Gasteiger partial charge in [0.25, 0.3) is 0 Å². The largest absolute Gasteiger partial charge is 0.456 e. The first-order valence-electron chi connectivity index (χ1n) is 50.2. The van der Waals surface area contributed by atoms with Crippen LogP contribution in [0, 0.1) is 0 Å². The Morgan fingerprint density at radius 2 is 0.455 bits per heavy atom. The normalized spacial score (nSPS) is 13.1. The maximum absolute atomic E-state index is 6.67. The van der Waals surface area contributed by atoms with E-state index in [2.05, 4.69) is 560 Å². The maximum Gasteiger partial charge on any atom is 0.137 e. The zero-order chi connectivity index (χ0) is 97.2. The average Bonchev–Trinajstić information content (AvgIpc) is 1.56. The number of anilines is 9. The van der Waals surface area contributed by atoms with Crippen molar-refractivity contribution in [3.63, 3.8) is 0 Å². The van der Waals surface area contributed by atoms with Crippen LogP contribution in [0.3, 0.4) is 0 Å². The van der Waals surface area contributed by atoms with Gasteiger partial charge in [0, 0.05) is 125 Å². The van der Waals surface area contributed by atoms with Crippen molar-refractivity contribution in [3.8, 4) is 100 Å². The first-order valence-corrected chi connectivity index (χ1v) is 51.8. The van der Waals surface area contributed by atoms with Gasteiger partial charge in [0.15, 0.2) is 0 Å². The smallest absolute Gasteiger partial charge is 0.137 e. The summed E-state index contributed by atoms with van der Waals surface area (Å²) in [6.45, 7) is 14.1. The van der Waals surface area contributed by atoms with Crippen LogP contribution in [0.1, 0.15) is 74.9 Å². The fraction of sp³-hybridized carbons (Fsp3) is 0.0647. The van der Waals surface area contributed by atoms with Crippen molar-refractivity contribution in [2.45, 2.75) is 57.8 Å². The Morgan fingerprint density at radius 1 is 0.172 bits per heavy atom. The van der Waals surface area contributed by atoms with E-state index in [0.717, 1.165) is 67.7 Å². The molecule has 3 aromatic heterocycles. The molecule has 3 aliphatic rings. The standard InChI is InChI=1S/C49H35NS.C45H33NO.C45H33NS/c1-49(2)43-15-9-8-14-41(43)47-44(49)28-29-45-48(47)42-27-26-40(31-46(42)51-45)50(38-22-18-34(19-23-38)32-10-4-3-5-11-32)39-24-20-35(21-25-39)37-17-16-33-12-6-7-13-36(33)30-37;2*1-45(2)39-19-10-9-18-37(39)43-40(45)26-27-41-44(43)38-25-24-36(29-42(38)47-41)46(34-22-20-32(21-23-34)30-12-5-3-6-13-30)35-17-11-16-33(28-35)31-14-7-4-8-15-31/h3-31H,1-2H3;2*3-29H,1-2H3. The van der Waals surface area contributed by atoms with Crippen molar-refractivity contribution in [1.29, 1.82) is 0 Å². The van der Waals surface area contributed by atoms with Gasteiger partial charge >= 0.3 is 0 Å². The van der Waals surface area contributed by atoms with E-state index < -0.39 is 0 Å². The number of fused-ring (bicyclic) bond motifs is 22. The lowest BCUT2D eigenvalue weighted by Crippen LogP contribution is -2.14. The molecule has 22 aromatic carbocycles. The summed E-state index contributed by atoms with van der Waals surface area (Å²) >= 11 is 3.80. The summed E-state index contributed by atoms with van der Waals surface area (Å²) < 4.78 is 12.0. The second-order valence-electron chi connectivity index (χ2n) is 40.1. The number of benzene rings is 22. The molecule has 0 atom stereocenters. The summed E-state index contributed by atoms with van der Waals surface area (Å²) in [5.74, 6) is 0. The van der Waals surface area contributed by atoms with E-state index in [-0.39, 0.29) is 16.2 Å². The van der Waals surface area contributed by atoms with Gasteiger partial charge in [-0.15, -0.1) is 22.7 Å². The summed E-state index contributed by atoms with van der Waals surface area (Å²) in [7, 11) is 0. The average molecular weight is 1890 g/mol. The molecule has 3 heterocycles. The van der Waals surface area contributed by atoms with E-state index in [9.17, 15) is 0 Å². The van der Waals surface area contributed by atoms with Crippen LogP contribution in [0.5, 0.6) is 0 Å². The molecule has 3 aliphatic carbocycles. The molecule has 145 heavy (non-hydrogen) atoms. The molecule has 0 spiro atoms. The van der Waals surface area contributed by atoms with E-state index in [4.69, 9.17) is 4.42 Å². The van der Waals surface area contributed by atoms with E-state index in [1.807, 2.05) is 22.7 Å².